The van der Waals surface area contributed by atoms with Gasteiger partial charge in [-0.25, -0.2) is 0 Å². The maximum absolute atomic E-state index is 11.9. The predicted molar refractivity (Wildman–Crippen MR) is 92.6 cm³/mol. The average Bonchev–Trinajstić information content (AvgIpc) is 2.54. The summed E-state index contributed by atoms with van der Waals surface area (Å²) in [6, 6.07) is 11.5. The summed E-state index contributed by atoms with van der Waals surface area (Å²) in [5.41, 5.74) is 5.35. The molecule has 23 heavy (non-hydrogen) atoms. The van der Waals surface area contributed by atoms with Gasteiger partial charge in [0.15, 0.2) is 0 Å². The highest BCUT2D eigenvalue weighted by atomic mass is 35.5. The van der Waals surface area contributed by atoms with Crippen molar-refractivity contribution >= 4 is 52.7 Å². The molecule has 0 heterocycles. The molecule has 0 fully saturated rings. The third kappa shape index (κ3) is 4.99. The van der Waals surface area contributed by atoms with E-state index in [9.17, 15) is 9.59 Å². The first kappa shape index (κ1) is 17.3. The molecule has 0 saturated heterocycles. The van der Waals surface area contributed by atoms with Crippen LogP contribution >= 0.6 is 34.8 Å². The lowest BCUT2D eigenvalue weighted by Crippen LogP contribution is -2.40. The monoisotopic (exact) mass is 368 g/mol. The van der Waals surface area contributed by atoms with Crippen molar-refractivity contribution in [1.29, 1.82) is 0 Å². The standard InChI is InChI=1S/C16H11Cl3N2O2/c17-11-6-7-14(19)12(9-11)16(23)21-20-15(22)8-5-10-3-1-2-4-13(10)18/h1-9H,(H,20,22)(H,21,23)/b8-5+. The Morgan fingerprint density at radius 3 is 2.39 bits per heavy atom. The molecular weight excluding hydrogens is 359 g/mol. The van der Waals surface area contributed by atoms with Crippen LogP contribution in [0.4, 0.5) is 0 Å². The number of halogens is 3. The molecule has 0 radical (unpaired) electrons. The Bertz CT molecular complexity index is 776. The fraction of sp³-hybridized carbons (Fsp3) is 0. The molecule has 0 saturated carbocycles. The van der Waals surface area contributed by atoms with E-state index in [2.05, 4.69) is 10.9 Å². The number of nitrogens with one attached hydrogen (secondary N) is 2. The van der Waals surface area contributed by atoms with Gasteiger partial charge in [0.2, 0.25) is 0 Å². The molecule has 118 valence electrons. The van der Waals surface area contributed by atoms with Crippen molar-refractivity contribution in [3.8, 4) is 0 Å². The first-order valence-corrected chi connectivity index (χ1v) is 7.59. The van der Waals surface area contributed by atoms with Crippen LogP contribution in [0.2, 0.25) is 15.1 Å². The maximum Gasteiger partial charge on any atom is 0.271 e. The summed E-state index contributed by atoms with van der Waals surface area (Å²) in [7, 11) is 0. The lowest BCUT2D eigenvalue weighted by molar-refractivity contribution is -0.117. The van der Waals surface area contributed by atoms with Gasteiger partial charge >= 0.3 is 0 Å². The Hall–Kier alpha value is -2.01. The molecule has 4 nitrogen and oxygen atoms in total. The van der Waals surface area contributed by atoms with Crippen LogP contribution in [-0.2, 0) is 4.79 Å². The average molecular weight is 370 g/mol. The second-order valence-electron chi connectivity index (χ2n) is 4.42. The summed E-state index contributed by atoms with van der Waals surface area (Å²) in [6.07, 6.45) is 2.79. The fourth-order valence-electron chi connectivity index (χ4n) is 1.67. The lowest BCUT2D eigenvalue weighted by Gasteiger charge is -2.07. The van der Waals surface area contributed by atoms with Crippen LogP contribution in [0.15, 0.2) is 48.5 Å². The zero-order chi connectivity index (χ0) is 16.8. The van der Waals surface area contributed by atoms with Crippen LogP contribution in [0.5, 0.6) is 0 Å². The van der Waals surface area contributed by atoms with Gasteiger partial charge in [-0.15, -0.1) is 0 Å². The number of benzene rings is 2. The summed E-state index contributed by atoms with van der Waals surface area (Å²) in [4.78, 5) is 23.6. The van der Waals surface area contributed by atoms with E-state index < -0.39 is 11.8 Å². The van der Waals surface area contributed by atoms with E-state index in [4.69, 9.17) is 34.8 Å². The number of hydrogen-bond acceptors (Lipinski definition) is 2. The van der Waals surface area contributed by atoms with Crippen LogP contribution in [0, 0.1) is 0 Å². The maximum atomic E-state index is 11.9. The smallest absolute Gasteiger partial charge is 0.268 e. The Kier molecular flexibility index (Phi) is 6.04. The molecule has 2 aromatic carbocycles. The van der Waals surface area contributed by atoms with Crippen LogP contribution in [0.3, 0.4) is 0 Å². The van der Waals surface area contributed by atoms with Crippen molar-refractivity contribution in [3.05, 3.63) is 74.7 Å². The van der Waals surface area contributed by atoms with Crippen molar-refractivity contribution in [2.75, 3.05) is 0 Å². The molecule has 0 aromatic heterocycles. The van der Waals surface area contributed by atoms with E-state index in [1.165, 1.54) is 24.3 Å². The SMILES string of the molecule is O=C(/C=C/c1ccccc1Cl)NNC(=O)c1cc(Cl)ccc1Cl. The predicted octanol–water partition coefficient (Wildman–Crippen LogP) is 4.12. The zero-order valence-electron chi connectivity index (χ0n) is 11.6. The second kappa shape index (κ2) is 8.02. The third-order valence-corrected chi connectivity index (χ3v) is 3.70. The first-order valence-electron chi connectivity index (χ1n) is 6.45. The fourth-order valence-corrected chi connectivity index (χ4v) is 2.25. The van der Waals surface area contributed by atoms with Gasteiger partial charge in [-0.3, -0.25) is 20.4 Å². The van der Waals surface area contributed by atoms with Crippen LogP contribution < -0.4 is 10.9 Å². The molecule has 2 N–H and O–H groups in total. The molecule has 0 atom stereocenters. The molecule has 0 unspecified atom stereocenters. The number of carbonyl (C=O) groups excluding carboxylic acids is 2. The van der Waals surface area contributed by atoms with Crippen LogP contribution in [-0.4, -0.2) is 11.8 Å². The number of rotatable bonds is 3. The van der Waals surface area contributed by atoms with E-state index in [1.54, 1.807) is 30.3 Å². The number of hydrazine groups is 1. The third-order valence-electron chi connectivity index (χ3n) is 2.79. The molecule has 0 aliphatic carbocycles. The quantitative estimate of drug-likeness (QED) is 0.631. The van der Waals surface area contributed by atoms with Gasteiger partial charge in [0.05, 0.1) is 10.6 Å². The van der Waals surface area contributed by atoms with Crippen molar-refractivity contribution in [3.63, 3.8) is 0 Å². The summed E-state index contributed by atoms with van der Waals surface area (Å²) in [5, 5.41) is 1.11. The summed E-state index contributed by atoms with van der Waals surface area (Å²) < 4.78 is 0. The van der Waals surface area contributed by atoms with Gasteiger partial charge in [0.1, 0.15) is 0 Å². The molecule has 0 bridgehead atoms. The van der Waals surface area contributed by atoms with Gasteiger partial charge in [-0.1, -0.05) is 53.0 Å². The normalized spacial score (nSPS) is 10.6. The number of carbonyl (C=O) groups is 2. The molecule has 2 aromatic rings. The van der Waals surface area contributed by atoms with E-state index in [0.717, 1.165) is 0 Å². The highest BCUT2D eigenvalue weighted by Gasteiger charge is 2.11. The van der Waals surface area contributed by atoms with Crippen molar-refractivity contribution in [2.45, 2.75) is 0 Å². The molecule has 0 spiro atoms. The Morgan fingerprint density at radius 2 is 1.65 bits per heavy atom. The van der Waals surface area contributed by atoms with E-state index >= 15 is 0 Å². The molecule has 0 aliphatic heterocycles. The van der Waals surface area contributed by atoms with E-state index in [-0.39, 0.29) is 10.6 Å². The van der Waals surface area contributed by atoms with Gasteiger partial charge < -0.3 is 0 Å². The topological polar surface area (TPSA) is 58.2 Å². The molecule has 0 aliphatic rings. The van der Waals surface area contributed by atoms with Gasteiger partial charge in [0.25, 0.3) is 11.8 Å². The summed E-state index contributed by atoms with van der Waals surface area (Å²) in [6.45, 7) is 0. The van der Waals surface area contributed by atoms with Crippen molar-refractivity contribution < 1.29 is 9.59 Å². The Morgan fingerprint density at radius 1 is 0.913 bits per heavy atom. The Balaban J connectivity index is 1.95. The van der Waals surface area contributed by atoms with Gasteiger partial charge in [-0.05, 0) is 35.9 Å². The van der Waals surface area contributed by atoms with Crippen molar-refractivity contribution in [1.82, 2.24) is 10.9 Å². The first-order chi connectivity index (χ1) is 11.0. The summed E-state index contributed by atoms with van der Waals surface area (Å²) in [5.74, 6) is -1.09. The lowest BCUT2D eigenvalue weighted by atomic mass is 10.2. The Labute approximate surface area is 148 Å². The molecule has 2 amide bonds. The number of amides is 2. The minimum atomic E-state index is -0.572. The number of hydrogen-bond donors (Lipinski definition) is 2. The van der Waals surface area contributed by atoms with Crippen LogP contribution in [0.25, 0.3) is 6.08 Å². The van der Waals surface area contributed by atoms with E-state index in [1.807, 2.05) is 0 Å². The van der Waals surface area contributed by atoms with Gasteiger partial charge in [0, 0.05) is 16.1 Å². The van der Waals surface area contributed by atoms with Crippen molar-refractivity contribution in [2.24, 2.45) is 0 Å². The minimum Gasteiger partial charge on any atom is -0.268 e. The molecule has 7 heteroatoms. The zero-order valence-corrected chi connectivity index (χ0v) is 13.9. The largest absolute Gasteiger partial charge is 0.271 e. The molecule has 2 rings (SSSR count). The van der Waals surface area contributed by atoms with Gasteiger partial charge in [-0.2, -0.15) is 0 Å². The van der Waals surface area contributed by atoms with E-state index in [0.29, 0.717) is 15.6 Å². The molecular formula is C16H11Cl3N2O2. The highest BCUT2D eigenvalue weighted by Crippen LogP contribution is 2.20. The minimum absolute atomic E-state index is 0.162. The summed E-state index contributed by atoms with van der Waals surface area (Å²) >= 11 is 17.7. The second-order valence-corrected chi connectivity index (χ2v) is 5.67. The highest BCUT2D eigenvalue weighted by molar-refractivity contribution is 6.35. The van der Waals surface area contributed by atoms with Crippen LogP contribution in [0.1, 0.15) is 15.9 Å².